The first-order valence-electron chi connectivity index (χ1n) is 12.4. The standard InChI is InChI=1S/C29H30N4O2/c1-20-11-13-33(27-5-3-2-4-26(27)31-20)29(34)23-6-8-24(28(19-23)32-14-16-35-17-15-32)21-7-9-25-22(18-21)10-12-30-25/h2-10,12,18-20,30-31H,11,13-17H2,1H3/t20-/m0/s1. The van der Waals surface area contributed by atoms with Gasteiger partial charge in [0.1, 0.15) is 0 Å². The molecule has 6 nitrogen and oxygen atoms in total. The monoisotopic (exact) mass is 466 g/mol. The van der Waals surface area contributed by atoms with Gasteiger partial charge < -0.3 is 24.8 Å². The van der Waals surface area contributed by atoms with Crippen LogP contribution in [-0.4, -0.2) is 49.8 Å². The number of hydrogen-bond donors (Lipinski definition) is 2. The largest absolute Gasteiger partial charge is 0.381 e. The third-order valence-corrected chi connectivity index (χ3v) is 7.09. The number of H-pyrrole nitrogens is 1. The van der Waals surface area contributed by atoms with Crippen molar-refractivity contribution in [1.82, 2.24) is 4.98 Å². The molecule has 3 aromatic carbocycles. The van der Waals surface area contributed by atoms with E-state index in [1.54, 1.807) is 0 Å². The van der Waals surface area contributed by atoms with Crippen molar-refractivity contribution in [3.05, 3.63) is 78.5 Å². The van der Waals surface area contributed by atoms with E-state index in [-0.39, 0.29) is 5.91 Å². The van der Waals surface area contributed by atoms with E-state index in [2.05, 4.69) is 64.6 Å². The molecule has 3 heterocycles. The van der Waals surface area contributed by atoms with E-state index in [4.69, 9.17) is 4.74 Å². The van der Waals surface area contributed by atoms with Gasteiger partial charge in [-0.05, 0) is 66.8 Å². The van der Waals surface area contributed by atoms with E-state index < -0.39 is 0 Å². The smallest absolute Gasteiger partial charge is 0.258 e. The summed E-state index contributed by atoms with van der Waals surface area (Å²) in [5.74, 6) is 0.0375. The number of ether oxygens (including phenoxy) is 1. The van der Waals surface area contributed by atoms with Crippen molar-refractivity contribution in [2.45, 2.75) is 19.4 Å². The number of carbonyl (C=O) groups excluding carboxylic acids is 1. The normalized spacial score (nSPS) is 18.1. The fraction of sp³-hybridized carbons (Fsp3) is 0.276. The van der Waals surface area contributed by atoms with Crippen molar-refractivity contribution in [3.8, 4) is 11.1 Å². The molecular weight excluding hydrogens is 436 g/mol. The molecule has 6 rings (SSSR count). The quantitative estimate of drug-likeness (QED) is 0.417. The molecule has 4 aromatic rings. The Morgan fingerprint density at radius 2 is 1.80 bits per heavy atom. The number of hydrogen-bond acceptors (Lipinski definition) is 4. The number of amides is 1. The molecule has 1 aromatic heterocycles. The lowest BCUT2D eigenvalue weighted by Crippen LogP contribution is -2.37. The SMILES string of the molecule is C[C@H]1CCN(C(=O)c2ccc(-c3ccc4[nH]ccc4c3)c(N3CCOCC3)c2)c2ccccc2N1. The molecule has 1 fully saturated rings. The van der Waals surface area contributed by atoms with Crippen LogP contribution in [0.2, 0.25) is 0 Å². The van der Waals surface area contributed by atoms with Gasteiger partial charge in [0.15, 0.2) is 0 Å². The van der Waals surface area contributed by atoms with Crippen LogP contribution in [0.1, 0.15) is 23.7 Å². The van der Waals surface area contributed by atoms with Crippen LogP contribution in [-0.2, 0) is 4.74 Å². The Kier molecular flexibility index (Phi) is 5.66. The number of morpholine rings is 1. The third-order valence-electron chi connectivity index (χ3n) is 7.09. The van der Waals surface area contributed by atoms with E-state index in [1.807, 2.05) is 35.4 Å². The average Bonchev–Trinajstić information content (AvgIpc) is 3.30. The second kappa shape index (κ2) is 9.12. The van der Waals surface area contributed by atoms with E-state index >= 15 is 0 Å². The van der Waals surface area contributed by atoms with E-state index in [1.165, 1.54) is 5.39 Å². The second-order valence-corrected chi connectivity index (χ2v) is 9.42. The summed E-state index contributed by atoms with van der Waals surface area (Å²) in [5, 5.41) is 4.73. The molecule has 1 saturated heterocycles. The highest BCUT2D eigenvalue weighted by Crippen LogP contribution is 2.36. The van der Waals surface area contributed by atoms with Gasteiger partial charge in [-0.2, -0.15) is 0 Å². The molecule has 0 radical (unpaired) electrons. The Bertz CT molecular complexity index is 1370. The van der Waals surface area contributed by atoms with Gasteiger partial charge in [0.25, 0.3) is 5.91 Å². The Morgan fingerprint density at radius 1 is 0.943 bits per heavy atom. The average molecular weight is 467 g/mol. The molecule has 1 atom stereocenters. The van der Waals surface area contributed by atoms with Crippen molar-refractivity contribution in [3.63, 3.8) is 0 Å². The number of rotatable bonds is 3. The van der Waals surface area contributed by atoms with Crippen molar-refractivity contribution < 1.29 is 9.53 Å². The lowest BCUT2D eigenvalue weighted by molar-refractivity contribution is 0.0987. The summed E-state index contributed by atoms with van der Waals surface area (Å²) in [7, 11) is 0. The predicted octanol–water partition coefficient (Wildman–Crippen LogP) is 5.52. The van der Waals surface area contributed by atoms with Gasteiger partial charge in [-0.1, -0.05) is 24.3 Å². The van der Waals surface area contributed by atoms with Crippen LogP contribution in [0.15, 0.2) is 72.9 Å². The molecule has 0 bridgehead atoms. The molecule has 2 N–H and O–H groups in total. The Balaban J connectivity index is 1.41. The molecule has 0 unspecified atom stereocenters. The maximum atomic E-state index is 13.9. The van der Waals surface area contributed by atoms with Crippen molar-refractivity contribution in [2.75, 3.05) is 48.0 Å². The number of benzene rings is 3. The zero-order valence-electron chi connectivity index (χ0n) is 20.0. The van der Waals surface area contributed by atoms with E-state index in [9.17, 15) is 4.79 Å². The van der Waals surface area contributed by atoms with Crippen molar-refractivity contribution in [1.29, 1.82) is 0 Å². The highest BCUT2D eigenvalue weighted by atomic mass is 16.5. The van der Waals surface area contributed by atoms with Crippen LogP contribution in [0.5, 0.6) is 0 Å². The maximum Gasteiger partial charge on any atom is 0.258 e. The molecule has 0 saturated carbocycles. The minimum atomic E-state index is 0.0375. The molecule has 2 aliphatic rings. The van der Waals surface area contributed by atoms with Gasteiger partial charge >= 0.3 is 0 Å². The van der Waals surface area contributed by atoms with Crippen LogP contribution in [0.3, 0.4) is 0 Å². The third kappa shape index (κ3) is 4.15. The molecule has 0 spiro atoms. The number of nitrogens with zero attached hydrogens (tertiary/aromatic N) is 2. The first-order valence-corrected chi connectivity index (χ1v) is 12.4. The highest BCUT2D eigenvalue weighted by Gasteiger charge is 2.26. The van der Waals surface area contributed by atoms with Gasteiger partial charge in [-0.25, -0.2) is 0 Å². The minimum absolute atomic E-state index is 0.0375. The van der Waals surface area contributed by atoms with Gasteiger partial charge in [0.05, 0.1) is 24.6 Å². The summed E-state index contributed by atoms with van der Waals surface area (Å²) in [5.41, 5.74) is 7.16. The van der Waals surface area contributed by atoms with Crippen molar-refractivity contribution >= 4 is 33.9 Å². The zero-order valence-corrected chi connectivity index (χ0v) is 20.0. The number of aromatic amines is 1. The number of nitrogens with one attached hydrogen (secondary N) is 2. The number of para-hydroxylation sites is 2. The first kappa shape index (κ1) is 21.7. The van der Waals surface area contributed by atoms with Crippen LogP contribution >= 0.6 is 0 Å². The van der Waals surface area contributed by atoms with E-state index in [0.717, 1.165) is 53.2 Å². The van der Waals surface area contributed by atoms with Crippen LogP contribution in [0.4, 0.5) is 17.1 Å². The number of anilines is 3. The van der Waals surface area contributed by atoms with E-state index in [0.29, 0.717) is 31.4 Å². The lowest BCUT2D eigenvalue weighted by Gasteiger charge is -2.31. The molecular formula is C29H30N4O2. The van der Waals surface area contributed by atoms with Gasteiger partial charge in [0.2, 0.25) is 0 Å². The fourth-order valence-corrected chi connectivity index (χ4v) is 5.17. The highest BCUT2D eigenvalue weighted by molar-refractivity contribution is 6.09. The molecule has 0 aliphatic carbocycles. The summed E-state index contributed by atoms with van der Waals surface area (Å²) < 4.78 is 5.62. The second-order valence-electron chi connectivity index (χ2n) is 9.42. The molecule has 35 heavy (non-hydrogen) atoms. The molecule has 178 valence electrons. The van der Waals surface area contributed by atoms with Crippen LogP contribution in [0.25, 0.3) is 22.0 Å². The fourth-order valence-electron chi connectivity index (χ4n) is 5.17. The topological polar surface area (TPSA) is 60.6 Å². The summed E-state index contributed by atoms with van der Waals surface area (Å²) in [4.78, 5) is 21.4. The predicted molar refractivity (Wildman–Crippen MR) is 143 cm³/mol. The minimum Gasteiger partial charge on any atom is -0.381 e. The van der Waals surface area contributed by atoms with Crippen LogP contribution in [0, 0.1) is 0 Å². The van der Waals surface area contributed by atoms with Crippen LogP contribution < -0.4 is 15.1 Å². The Labute approximate surface area is 205 Å². The van der Waals surface area contributed by atoms with Gasteiger partial charge in [-0.3, -0.25) is 4.79 Å². The number of carbonyl (C=O) groups is 1. The van der Waals surface area contributed by atoms with Crippen molar-refractivity contribution in [2.24, 2.45) is 0 Å². The molecule has 1 amide bonds. The maximum absolute atomic E-state index is 13.9. The summed E-state index contributed by atoms with van der Waals surface area (Å²) in [6, 6.07) is 23.1. The first-order chi connectivity index (χ1) is 17.2. The number of fused-ring (bicyclic) bond motifs is 2. The molecule has 6 heteroatoms. The molecule has 2 aliphatic heterocycles. The summed E-state index contributed by atoms with van der Waals surface area (Å²) in [6.07, 6.45) is 2.86. The summed E-state index contributed by atoms with van der Waals surface area (Å²) in [6.45, 7) is 5.85. The van der Waals surface area contributed by atoms with Gasteiger partial charge in [0, 0.05) is 54.2 Å². The lowest BCUT2D eigenvalue weighted by atomic mass is 9.98. The number of aromatic nitrogens is 1. The summed E-state index contributed by atoms with van der Waals surface area (Å²) >= 11 is 0. The Hall–Kier alpha value is -3.77. The zero-order chi connectivity index (χ0) is 23.8. The van der Waals surface area contributed by atoms with Gasteiger partial charge in [-0.15, -0.1) is 0 Å². The Morgan fingerprint density at radius 3 is 2.69 bits per heavy atom.